The molecular weight excluding hydrogens is 367 g/mol. The minimum atomic E-state index is 0. The van der Waals surface area contributed by atoms with E-state index in [0.717, 1.165) is 36.6 Å². The zero-order chi connectivity index (χ0) is 15.5. The lowest BCUT2D eigenvalue weighted by molar-refractivity contribution is 0.0685. The van der Waals surface area contributed by atoms with Crippen LogP contribution in [0.1, 0.15) is 29.4 Å². The lowest BCUT2D eigenvalue weighted by Gasteiger charge is -2.33. The second kappa shape index (κ2) is 9.32. The molecule has 2 N–H and O–H groups in total. The van der Waals surface area contributed by atoms with Gasteiger partial charge in [0.05, 0.1) is 11.9 Å². The normalized spacial score (nSPS) is 16.0. The van der Waals surface area contributed by atoms with Crippen LogP contribution in [0.15, 0.2) is 30.6 Å². The van der Waals surface area contributed by atoms with Crippen molar-refractivity contribution in [3.05, 3.63) is 35.5 Å². The highest BCUT2D eigenvalue weighted by Crippen LogP contribution is 2.26. The quantitative estimate of drug-likeness (QED) is 0.875. The fourth-order valence-corrected chi connectivity index (χ4v) is 3.63. The third-order valence-corrected chi connectivity index (χ3v) is 5.18. The number of likely N-dealkylation sites (tertiary alicyclic amines) is 1. The molecule has 0 saturated carbocycles. The number of nitrogens with zero attached hydrogens (tertiary/aromatic N) is 3. The summed E-state index contributed by atoms with van der Waals surface area (Å²) >= 11 is 1.41. The van der Waals surface area contributed by atoms with Crippen molar-refractivity contribution in [3.8, 4) is 10.7 Å². The largest absolute Gasteiger partial charge is 0.338 e. The number of carbonyl (C=O) groups excluding carboxylic acids is 1. The molecule has 1 atom stereocenters. The highest BCUT2D eigenvalue weighted by atomic mass is 35.5. The van der Waals surface area contributed by atoms with E-state index < -0.39 is 0 Å². The lowest BCUT2D eigenvalue weighted by atomic mass is 9.91. The predicted octanol–water partition coefficient (Wildman–Crippen LogP) is 3.25. The van der Waals surface area contributed by atoms with Crippen molar-refractivity contribution >= 4 is 42.1 Å². The van der Waals surface area contributed by atoms with E-state index in [2.05, 4.69) is 9.97 Å². The molecule has 8 heteroatoms. The van der Waals surface area contributed by atoms with Crippen molar-refractivity contribution < 1.29 is 4.79 Å². The monoisotopic (exact) mass is 388 g/mol. The van der Waals surface area contributed by atoms with E-state index in [-0.39, 0.29) is 36.8 Å². The molecule has 0 aromatic carbocycles. The number of hydrogen-bond donors (Lipinski definition) is 1. The predicted molar refractivity (Wildman–Crippen MR) is 102 cm³/mol. The van der Waals surface area contributed by atoms with Crippen LogP contribution in [0.2, 0.25) is 0 Å². The third kappa shape index (κ3) is 4.66. The zero-order valence-electron chi connectivity index (χ0n) is 13.4. The average Bonchev–Trinajstić information content (AvgIpc) is 3.05. The van der Waals surface area contributed by atoms with Gasteiger partial charge in [0.1, 0.15) is 9.88 Å². The molecule has 1 aliphatic rings. The summed E-state index contributed by atoms with van der Waals surface area (Å²) in [6.45, 7) is 3.61. The zero-order valence-corrected chi connectivity index (χ0v) is 15.9. The Labute approximate surface area is 158 Å². The van der Waals surface area contributed by atoms with Gasteiger partial charge < -0.3 is 10.6 Å². The first-order valence-electron chi connectivity index (χ1n) is 7.57. The molecule has 0 aliphatic carbocycles. The van der Waals surface area contributed by atoms with E-state index in [1.54, 1.807) is 12.4 Å². The fraction of sp³-hybridized carbons (Fsp3) is 0.438. The van der Waals surface area contributed by atoms with Crippen LogP contribution in [-0.2, 0) is 0 Å². The molecule has 132 valence electrons. The van der Waals surface area contributed by atoms with Crippen molar-refractivity contribution in [1.29, 1.82) is 0 Å². The Morgan fingerprint density at radius 1 is 1.29 bits per heavy atom. The van der Waals surface area contributed by atoms with Gasteiger partial charge in [0.2, 0.25) is 0 Å². The standard InChI is InChI=1S/C16H20N4OS.2ClH/c1-11(17)12-5-8-20(9-6-12)16(21)14-10-19-15(22-14)13-4-2-3-7-18-13;;/h2-4,7,10-12H,5-6,8-9,17H2,1H3;2*1H. The van der Waals surface area contributed by atoms with Crippen LogP contribution in [0.25, 0.3) is 10.7 Å². The van der Waals surface area contributed by atoms with Crippen molar-refractivity contribution in [2.45, 2.75) is 25.8 Å². The first kappa shape index (κ1) is 20.8. The molecule has 24 heavy (non-hydrogen) atoms. The van der Waals surface area contributed by atoms with Gasteiger partial charge in [-0.25, -0.2) is 4.98 Å². The molecule has 0 bridgehead atoms. The van der Waals surface area contributed by atoms with E-state index in [9.17, 15) is 4.79 Å². The topological polar surface area (TPSA) is 72.1 Å². The van der Waals surface area contributed by atoms with Crippen LogP contribution in [-0.4, -0.2) is 39.9 Å². The average molecular weight is 389 g/mol. The molecule has 1 aliphatic heterocycles. The molecule has 3 heterocycles. The summed E-state index contributed by atoms with van der Waals surface area (Å²) in [6.07, 6.45) is 5.36. The minimum absolute atomic E-state index is 0. The number of hydrogen-bond acceptors (Lipinski definition) is 5. The van der Waals surface area contributed by atoms with Crippen molar-refractivity contribution in [2.24, 2.45) is 11.7 Å². The Balaban J connectivity index is 0.00000144. The summed E-state index contributed by atoms with van der Waals surface area (Å²) in [4.78, 5) is 23.8. The maximum absolute atomic E-state index is 12.6. The van der Waals surface area contributed by atoms with Gasteiger partial charge in [0, 0.05) is 25.3 Å². The van der Waals surface area contributed by atoms with Gasteiger partial charge in [0.25, 0.3) is 5.91 Å². The van der Waals surface area contributed by atoms with Crippen molar-refractivity contribution in [2.75, 3.05) is 13.1 Å². The molecule has 0 radical (unpaired) electrons. The Morgan fingerprint density at radius 2 is 2.00 bits per heavy atom. The lowest BCUT2D eigenvalue weighted by Crippen LogP contribution is -2.42. The maximum Gasteiger partial charge on any atom is 0.265 e. The molecule has 5 nitrogen and oxygen atoms in total. The number of nitrogens with two attached hydrogens (primary N) is 1. The molecule has 1 amide bonds. The Morgan fingerprint density at radius 3 is 2.58 bits per heavy atom. The number of amides is 1. The molecular formula is C16H22Cl2N4OS. The Kier molecular flexibility index (Phi) is 8.09. The van der Waals surface area contributed by atoms with Gasteiger partial charge in [-0.15, -0.1) is 36.2 Å². The van der Waals surface area contributed by atoms with Gasteiger partial charge in [0.15, 0.2) is 0 Å². The van der Waals surface area contributed by atoms with E-state index in [0.29, 0.717) is 10.8 Å². The number of piperidine rings is 1. The van der Waals surface area contributed by atoms with Gasteiger partial charge in [-0.1, -0.05) is 6.07 Å². The summed E-state index contributed by atoms with van der Waals surface area (Å²) < 4.78 is 0. The van der Waals surface area contributed by atoms with E-state index >= 15 is 0 Å². The van der Waals surface area contributed by atoms with Gasteiger partial charge >= 0.3 is 0 Å². The first-order valence-corrected chi connectivity index (χ1v) is 8.39. The number of aromatic nitrogens is 2. The highest BCUT2D eigenvalue weighted by molar-refractivity contribution is 7.16. The Bertz CT molecular complexity index is 643. The van der Waals surface area contributed by atoms with E-state index in [4.69, 9.17) is 5.73 Å². The summed E-state index contributed by atoms with van der Waals surface area (Å²) in [5, 5.41) is 0.786. The first-order chi connectivity index (χ1) is 10.6. The van der Waals surface area contributed by atoms with Crippen LogP contribution in [0.3, 0.4) is 0 Å². The van der Waals surface area contributed by atoms with E-state index in [1.807, 2.05) is 30.0 Å². The molecule has 0 spiro atoms. The molecule has 2 aromatic heterocycles. The van der Waals surface area contributed by atoms with Crippen LogP contribution in [0, 0.1) is 5.92 Å². The number of rotatable bonds is 3. The van der Waals surface area contributed by atoms with Crippen molar-refractivity contribution in [1.82, 2.24) is 14.9 Å². The van der Waals surface area contributed by atoms with Gasteiger partial charge in [-0.3, -0.25) is 9.78 Å². The van der Waals surface area contributed by atoms with Crippen LogP contribution < -0.4 is 5.73 Å². The SMILES string of the molecule is CC(N)C1CCN(C(=O)c2cnc(-c3ccccn3)s2)CC1.Cl.Cl. The molecule has 1 fully saturated rings. The second-order valence-electron chi connectivity index (χ2n) is 5.73. The molecule has 1 saturated heterocycles. The smallest absolute Gasteiger partial charge is 0.265 e. The maximum atomic E-state index is 12.6. The number of halogens is 2. The summed E-state index contributed by atoms with van der Waals surface area (Å²) in [7, 11) is 0. The third-order valence-electron chi connectivity index (χ3n) is 4.17. The second-order valence-corrected chi connectivity index (χ2v) is 6.76. The highest BCUT2D eigenvalue weighted by Gasteiger charge is 2.26. The number of pyridine rings is 1. The summed E-state index contributed by atoms with van der Waals surface area (Å²) in [5.74, 6) is 0.595. The molecule has 2 aromatic rings. The van der Waals surface area contributed by atoms with Crippen molar-refractivity contribution in [3.63, 3.8) is 0 Å². The van der Waals surface area contributed by atoms with Crippen LogP contribution >= 0.6 is 36.2 Å². The Hall–Kier alpha value is -1.21. The molecule has 1 unspecified atom stereocenters. The van der Waals surface area contributed by atoms with Crippen LogP contribution in [0.4, 0.5) is 0 Å². The van der Waals surface area contributed by atoms with Crippen LogP contribution in [0.5, 0.6) is 0 Å². The van der Waals surface area contributed by atoms with Gasteiger partial charge in [-0.05, 0) is 37.8 Å². The summed E-state index contributed by atoms with van der Waals surface area (Å²) in [5.41, 5.74) is 6.76. The minimum Gasteiger partial charge on any atom is -0.338 e. The number of carbonyl (C=O) groups is 1. The summed E-state index contributed by atoms with van der Waals surface area (Å²) in [6, 6.07) is 5.90. The van der Waals surface area contributed by atoms with E-state index in [1.165, 1.54) is 11.3 Å². The van der Waals surface area contributed by atoms with Gasteiger partial charge in [-0.2, -0.15) is 0 Å². The number of thiazole rings is 1. The fourth-order valence-electron chi connectivity index (χ4n) is 2.76. The molecule has 3 rings (SSSR count).